The maximum Gasteiger partial charge on any atom is 0.226 e. The van der Waals surface area contributed by atoms with E-state index in [1.54, 1.807) is 12.3 Å². The number of furan rings is 1. The summed E-state index contributed by atoms with van der Waals surface area (Å²) >= 11 is 0. The summed E-state index contributed by atoms with van der Waals surface area (Å²) in [4.78, 5) is 3.84. The van der Waals surface area contributed by atoms with Gasteiger partial charge in [0.05, 0.1) is 18.9 Å². The Hall–Kier alpha value is -1.31. The van der Waals surface area contributed by atoms with Crippen LogP contribution in [0.4, 0.5) is 0 Å². The highest BCUT2D eigenvalue weighted by atomic mass is 16.3. The molecular weight excluding hydrogens is 126 g/mol. The Morgan fingerprint density at radius 1 is 1.30 bits per heavy atom. The third kappa shape index (κ3) is 0.692. The molecule has 0 aromatic carbocycles. The van der Waals surface area contributed by atoms with Crippen molar-refractivity contribution in [1.29, 1.82) is 0 Å². The molecule has 0 bridgehead atoms. The summed E-state index contributed by atoms with van der Waals surface area (Å²) in [5.74, 6) is 0. The smallest absolute Gasteiger partial charge is 0.226 e. The summed E-state index contributed by atoms with van der Waals surface area (Å²) in [5, 5.41) is 0.941. The van der Waals surface area contributed by atoms with Crippen molar-refractivity contribution in [2.45, 2.75) is 0 Å². The van der Waals surface area contributed by atoms with E-state index in [0.29, 0.717) is 5.71 Å². The number of hydrogen-bond acceptors (Lipinski definition) is 2. The lowest BCUT2D eigenvalue weighted by molar-refractivity contribution is 0.602. The van der Waals surface area contributed by atoms with Gasteiger partial charge in [-0.3, -0.25) is 0 Å². The summed E-state index contributed by atoms with van der Waals surface area (Å²) in [6, 6.07) is 5.27. The van der Waals surface area contributed by atoms with Gasteiger partial charge in [0.15, 0.2) is 0 Å². The van der Waals surface area contributed by atoms with E-state index in [1.165, 1.54) is 0 Å². The SMILES string of the molecule is [C]c1ccc2ccoc2n1. The van der Waals surface area contributed by atoms with Gasteiger partial charge in [0, 0.05) is 5.39 Å². The van der Waals surface area contributed by atoms with Crippen molar-refractivity contribution in [3.63, 3.8) is 0 Å². The molecule has 2 heterocycles. The van der Waals surface area contributed by atoms with Crippen molar-refractivity contribution in [1.82, 2.24) is 4.98 Å². The third-order valence-corrected chi connectivity index (χ3v) is 1.32. The number of pyridine rings is 1. The molecule has 0 saturated heterocycles. The van der Waals surface area contributed by atoms with Crippen LogP contribution >= 0.6 is 0 Å². The molecule has 0 atom stereocenters. The molecule has 2 nitrogen and oxygen atoms in total. The lowest BCUT2D eigenvalue weighted by Crippen LogP contribution is -1.77. The molecule has 2 aromatic heterocycles. The molecule has 2 aromatic rings. The van der Waals surface area contributed by atoms with Gasteiger partial charge >= 0.3 is 0 Å². The second-order valence-corrected chi connectivity index (χ2v) is 2.01. The molecule has 47 valence electrons. The lowest BCUT2D eigenvalue weighted by atomic mass is 10.3. The quantitative estimate of drug-likeness (QED) is 0.543. The van der Waals surface area contributed by atoms with Crippen molar-refractivity contribution in [2.24, 2.45) is 0 Å². The predicted molar refractivity (Wildman–Crippen MR) is 36.4 cm³/mol. The topological polar surface area (TPSA) is 26.0 Å². The molecule has 10 heavy (non-hydrogen) atoms. The van der Waals surface area contributed by atoms with Gasteiger partial charge in [-0.25, -0.2) is 4.98 Å². The standard InChI is InChI=1S/C8H4NO/c1-6-2-3-7-4-5-10-8(7)9-6/h2-5H. The van der Waals surface area contributed by atoms with Crippen LogP contribution in [-0.2, 0) is 0 Å². The first-order valence-corrected chi connectivity index (χ1v) is 2.92. The first-order chi connectivity index (χ1) is 4.86. The zero-order valence-electron chi connectivity index (χ0n) is 5.16. The van der Waals surface area contributed by atoms with Crippen LogP contribution in [0.3, 0.4) is 0 Å². The van der Waals surface area contributed by atoms with E-state index in [-0.39, 0.29) is 5.69 Å². The van der Waals surface area contributed by atoms with Crippen LogP contribution in [-0.4, -0.2) is 4.98 Å². The van der Waals surface area contributed by atoms with Crippen molar-refractivity contribution in [3.8, 4) is 0 Å². The Balaban J connectivity index is 2.86. The zero-order valence-corrected chi connectivity index (χ0v) is 5.16. The molecule has 0 aliphatic heterocycles. The number of hydrogen-bond donors (Lipinski definition) is 0. The molecule has 0 N–H and O–H groups in total. The van der Waals surface area contributed by atoms with Gasteiger partial charge in [-0.05, 0) is 18.2 Å². The van der Waals surface area contributed by atoms with Gasteiger partial charge < -0.3 is 4.42 Å². The van der Waals surface area contributed by atoms with Crippen molar-refractivity contribution >= 4 is 11.1 Å². The van der Waals surface area contributed by atoms with Gasteiger partial charge in [-0.1, -0.05) is 0 Å². The van der Waals surface area contributed by atoms with E-state index in [9.17, 15) is 0 Å². The Morgan fingerprint density at radius 3 is 3.10 bits per heavy atom. The van der Waals surface area contributed by atoms with Gasteiger partial charge in [-0.2, -0.15) is 0 Å². The number of fused-ring (bicyclic) bond motifs is 1. The highest BCUT2D eigenvalue weighted by Crippen LogP contribution is 2.11. The fourth-order valence-corrected chi connectivity index (χ4v) is 0.844. The maximum atomic E-state index is 7.14. The first-order valence-electron chi connectivity index (χ1n) is 2.92. The van der Waals surface area contributed by atoms with Crippen molar-refractivity contribution in [2.75, 3.05) is 0 Å². The molecule has 2 rings (SSSR count). The van der Waals surface area contributed by atoms with Gasteiger partial charge in [-0.15, -0.1) is 0 Å². The van der Waals surface area contributed by atoms with E-state index >= 15 is 0 Å². The fraction of sp³-hybridized carbons (Fsp3) is 0. The predicted octanol–water partition coefficient (Wildman–Crippen LogP) is 1.76. The van der Waals surface area contributed by atoms with E-state index in [4.69, 9.17) is 11.3 Å². The van der Waals surface area contributed by atoms with Gasteiger partial charge in [0.1, 0.15) is 0 Å². The van der Waals surface area contributed by atoms with Gasteiger partial charge in [0.25, 0.3) is 0 Å². The van der Waals surface area contributed by atoms with Crippen LogP contribution in [0, 0.1) is 6.92 Å². The van der Waals surface area contributed by atoms with E-state index in [1.807, 2.05) is 12.1 Å². The van der Waals surface area contributed by atoms with E-state index in [0.717, 1.165) is 5.39 Å². The summed E-state index contributed by atoms with van der Waals surface area (Å²) in [6.07, 6.45) is 1.57. The summed E-state index contributed by atoms with van der Waals surface area (Å²) < 4.78 is 4.97. The maximum absolute atomic E-state index is 7.14. The van der Waals surface area contributed by atoms with Crippen molar-refractivity contribution in [3.05, 3.63) is 37.1 Å². The fourth-order valence-electron chi connectivity index (χ4n) is 0.844. The second-order valence-electron chi connectivity index (χ2n) is 2.01. The average Bonchev–Trinajstić information content (AvgIpc) is 2.33. The highest BCUT2D eigenvalue weighted by molar-refractivity contribution is 5.72. The largest absolute Gasteiger partial charge is 0.446 e. The van der Waals surface area contributed by atoms with Crippen molar-refractivity contribution < 1.29 is 4.42 Å². The van der Waals surface area contributed by atoms with E-state index in [2.05, 4.69) is 4.98 Å². The number of nitrogens with zero attached hydrogens (tertiary/aromatic N) is 1. The van der Waals surface area contributed by atoms with Crippen LogP contribution in [0.1, 0.15) is 5.69 Å². The molecule has 3 radical (unpaired) electrons. The summed E-state index contributed by atoms with van der Waals surface area (Å²) in [5.41, 5.74) is 0.773. The van der Waals surface area contributed by atoms with Crippen LogP contribution in [0.5, 0.6) is 0 Å². The summed E-state index contributed by atoms with van der Waals surface area (Å²) in [6.45, 7) is 7.14. The zero-order chi connectivity index (χ0) is 6.97. The van der Waals surface area contributed by atoms with Crippen LogP contribution in [0.25, 0.3) is 11.1 Å². The molecule has 0 spiro atoms. The lowest BCUT2D eigenvalue weighted by Gasteiger charge is -1.87. The molecule has 0 amide bonds. The minimum absolute atomic E-state index is 0.238. The molecule has 0 aliphatic carbocycles. The minimum atomic E-state index is 0.238. The Labute approximate surface area is 58.5 Å². The first kappa shape index (κ1) is 5.47. The normalized spacial score (nSPS) is 10.5. The minimum Gasteiger partial charge on any atom is -0.446 e. The van der Waals surface area contributed by atoms with Crippen LogP contribution in [0.2, 0.25) is 0 Å². The number of aromatic nitrogens is 1. The monoisotopic (exact) mass is 130 g/mol. The molecule has 0 aliphatic rings. The van der Waals surface area contributed by atoms with Crippen LogP contribution in [0.15, 0.2) is 28.9 Å². The Morgan fingerprint density at radius 2 is 2.20 bits per heavy atom. The second kappa shape index (κ2) is 1.84. The van der Waals surface area contributed by atoms with Crippen LogP contribution < -0.4 is 0 Å². The molecule has 0 fully saturated rings. The van der Waals surface area contributed by atoms with Gasteiger partial charge in [0.2, 0.25) is 5.71 Å². The summed E-state index contributed by atoms with van der Waals surface area (Å²) in [7, 11) is 0. The number of rotatable bonds is 0. The molecule has 0 unspecified atom stereocenters. The average molecular weight is 130 g/mol. The Kier molecular flexibility index (Phi) is 1.01. The highest BCUT2D eigenvalue weighted by Gasteiger charge is 1.95. The molecule has 0 saturated carbocycles. The Bertz CT molecular complexity index is 351. The van der Waals surface area contributed by atoms with E-state index < -0.39 is 0 Å². The molecular formula is C8H4NO. The molecule has 2 heteroatoms. The third-order valence-electron chi connectivity index (χ3n) is 1.32.